The van der Waals surface area contributed by atoms with E-state index < -0.39 is 10.7 Å². The smallest absolute Gasteiger partial charge is 0.406 e. The number of aromatic nitrogens is 1. The van der Waals surface area contributed by atoms with Crippen molar-refractivity contribution in [1.29, 1.82) is 0 Å². The summed E-state index contributed by atoms with van der Waals surface area (Å²) in [7, 11) is 0. The first-order chi connectivity index (χ1) is 11.5. The van der Waals surface area contributed by atoms with Crippen molar-refractivity contribution in [3.63, 3.8) is 0 Å². The van der Waals surface area contributed by atoms with Gasteiger partial charge in [0.25, 0.3) is 0 Å². The number of hydrogen-bond acceptors (Lipinski definition) is 6. The number of ether oxygens (including phenoxy) is 1. The highest BCUT2D eigenvalue weighted by molar-refractivity contribution is 5.98. The molecule has 0 aliphatic heterocycles. The van der Waals surface area contributed by atoms with Crippen molar-refractivity contribution in [3.8, 4) is 5.75 Å². The molecule has 0 fully saturated rings. The second-order valence-electron chi connectivity index (χ2n) is 4.77. The predicted molar refractivity (Wildman–Crippen MR) is 86.1 cm³/mol. The van der Waals surface area contributed by atoms with Crippen molar-refractivity contribution < 1.29 is 19.2 Å². The van der Waals surface area contributed by atoms with Crippen LogP contribution in [-0.4, -0.2) is 28.2 Å². The lowest BCUT2D eigenvalue weighted by Gasteiger charge is -2.07. The van der Waals surface area contributed by atoms with Gasteiger partial charge >= 0.3 is 5.82 Å². The molecule has 24 heavy (non-hydrogen) atoms. The fourth-order valence-electron chi connectivity index (χ4n) is 1.85. The third kappa shape index (κ3) is 4.35. The van der Waals surface area contributed by atoms with Gasteiger partial charge in [0.2, 0.25) is 11.7 Å². The van der Waals surface area contributed by atoms with E-state index in [2.05, 4.69) is 10.3 Å². The van der Waals surface area contributed by atoms with E-state index in [0.29, 0.717) is 17.7 Å². The Morgan fingerprint density at radius 3 is 2.58 bits per heavy atom. The number of ketones is 1. The van der Waals surface area contributed by atoms with Crippen LogP contribution in [0.2, 0.25) is 0 Å². The molecule has 0 radical (unpaired) electrons. The van der Waals surface area contributed by atoms with Crippen LogP contribution in [0.4, 0.5) is 11.5 Å². The van der Waals surface area contributed by atoms with Crippen molar-refractivity contribution in [2.24, 2.45) is 0 Å². The summed E-state index contributed by atoms with van der Waals surface area (Å²) in [6.45, 7) is 1.38. The highest BCUT2D eigenvalue weighted by Crippen LogP contribution is 2.23. The first-order valence-corrected chi connectivity index (χ1v) is 7.16. The second-order valence-corrected chi connectivity index (χ2v) is 4.77. The summed E-state index contributed by atoms with van der Waals surface area (Å²) in [5.41, 5.74) is 0.957. The number of benzene rings is 1. The van der Waals surface area contributed by atoms with Crippen LogP contribution in [0.15, 0.2) is 42.6 Å². The first-order valence-electron chi connectivity index (χ1n) is 7.16. The number of hydrogen-bond donors (Lipinski definition) is 1. The fourth-order valence-corrected chi connectivity index (χ4v) is 1.85. The molecule has 1 aromatic heterocycles. The predicted octanol–water partition coefficient (Wildman–Crippen LogP) is 2.60. The number of anilines is 1. The van der Waals surface area contributed by atoms with E-state index in [1.54, 1.807) is 31.2 Å². The van der Waals surface area contributed by atoms with Crippen LogP contribution in [-0.2, 0) is 4.79 Å². The molecule has 8 heteroatoms. The van der Waals surface area contributed by atoms with Crippen LogP contribution in [0.1, 0.15) is 23.7 Å². The maximum Gasteiger partial charge on any atom is 0.406 e. The third-order valence-corrected chi connectivity index (χ3v) is 3.09. The molecule has 1 heterocycles. The van der Waals surface area contributed by atoms with E-state index in [-0.39, 0.29) is 24.0 Å². The maximum absolute atomic E-state index is 12.1. The standard InChI is InChI=1S/C16H15N3O5/c1-2-15(21)18-12-7-5-11(6-8-12)13(20)10-24-14-4-3-9-17-16(14)19(22)23/h3-9H,2,10H2,1H3,(H,18,21). The summed E-state index contributed by atoms with van der Waals surface area (Å²) >= 11 is 0. The van der Waals surface area contributed by atoms with Gasteiger partial charge < -0.3 is 20.2 Å². The number of carbonyl (C=O) groups excluding carboxylic acids is 2. The first kappa shape index (κ1) is 17.1. The minimum Gasteiger partial charge on any atom is -0.477 e. The summed E-state index contributed by atoms with van der Waals surface area (Å²) in [6, 6.07) is 9.17. The lowest BCUT2D eigenvalue weighted by molar-refractivity contribution is -0.390. The maximum atomic E-state index is 12.1. The molecule has 2 rings (SSSR count). The number of rotatable bonds is 7. The minimum absolute atomic E-state index is 0.0670. The van der Waals surface area contributed by atoms with Crippen molar-refractivity contribution in [2.75, 3.05) is 11.9 Å². The Hall–Kier alpha value is -3.29. The molecule has 8 nitrogen and oxygen atoms in total. The molecule has 1 aromatic carbocycles. The van der Waals surface area contributed by atoms with Gasteiger partial charge in [0, 0.05) is 17.7 Å². The van der Waals surface area contributed by atoms with Crippen LogP contribution < -0.4 is 10.1 Å². The van der Waals surface area contributed by atoms with Gasteiger partial charge in [0.15, 0.2) is 12.4 Å². The largest absolute Gasteiger partial charge is 0.477 e. The zero-order valence-electron chi connectivity index (χ0n) is 12.9. The van der Waals surface area contributed by atoms with Gasteiger partial charge in [-0.2, -0.15) is 0 Å². The fraction of sp³-hybridized carbons (Fsp3) is 0.188. The molecule has 0 spiro atoms. The SMILES string of the molecule is CCC(=O)Nc1ccc(C(=O)COc2cccnc2[N+](=O)[O-])cc1. The Kier molecular flexibility index (Phi) is 5.56. The second kappa shape index (κ2) is 7.82. The zero-order valence-corrected chi connectivity index (χ0v) is 12.9. The number of nitrogens with one attached hydrogen (secondary N) is 1. The third-order valence-electron chi connectivity index (χ3n) is 3.09. The van der Waals surface area contributed by atoms with E-state index in [9.17, 15) is 19.7 Å². The number of nitrogens with zero attached hydrogens (tertiary/aromatic N) is 2. The van der Waals surface area contributed by atoms with Crippen LogP contribution >= 0.6 is 0 Å². The molecule has 1 N–H and O–H groups in total. The Bertz CT molecular complexity index is 759. The Labute approximate surface area is 137 Å². The Balaban J connectivity index is 2.00. The lowest BCUT2D eigenvalue weighted by atomic mass is 10.1. The van der Waals surface area contributed by atoms with Gasteiger partial charge in [-0.25, -0.2) is 0 Å². The van der Waals surface area contributed by atoms with Crippen molar-refractivity contribution in [1.82, 2.24) is 4.98 Å². The summed E-state index contributed by atoms with van der Waals surface area (Å²) in [6.07, 6.45) is 1.63. The zero-order chi connectivity index (χ0) is 17.5. The summed E-state index contributed by atoms with van der Waals surface area (Å²) in [4.78, 5) is 37.1. The van der Waals surface area contributed by atoms with Gasteiger partial charge in [0.1, 0.15) is 6.20 Å². The minimum atomic E-state index is -0.676. The average Bonchev–Trinajstić information content (AvgIpc) is 2.60. The number of carbonyl (C=O) groups is 2. The number of pyridine rings is 1. The number of amides is 1. The molecule has 0 aliphatic carbocycles. The highest BCUT2D eigenvalue weighted by Gasteiger charge is 2.17. The van der Waals surface area contributed by atoms with Crippen LogP contribution in [0.5, 0.6) is 5.75 Å². The molecule has 0 atom stereocenters. The summed E-state index contributed by atoms with van der Waals surface area (Å²) in [5, 5.41) is 13.5. The molecule has 0 unspecified atom stereocenters. The average molecular weight is 329 g/mol. The van der Waals surface area contributed by atoms with Gasteiger partial charge in [-0.1, -0.05) is 6.92 Å². The molecule has 2 aromatic rings. The summed E-state index contributed by atoms with van der Waals surface area (Å²) in [5.74, 6) is -0.978. The highest BCUT2D eigenvalue weighted by atomic mass is 16.6. The molecular weight excluding hydrogens is 314 g/mol. The van der Waals surface area contributed by atoms with Gasteiger partial charge in [-0.15, -0.1) is 0 Å². The molecule has 0 saturated heterocycles. The van der Waals surface area contributed by atoms with Crippen molar-refractivity contribution >= 4 is 23.2 Å². The van der Waals surface area contributed by atoms with E-state index in [0.717, 1.165) is 0 Å². The van der Waals surface area contributed by atoms with E-state index in [4.69, 9.17) is 4.74 Å². The molecule has 1 amide bonds. The quantitative estimate of drug-likeness (QED) is 0.475. The lowest BCUT2D eigenvalue weighted by Crippen LogP contribution is -2.13. The van der Waals surface area contributed by atoms with E-state index >= 15 is 0 Å². The number of nitro groups is 1. The van der Waals surface area contributed by atoms with Gasteiger partial charge in [-0.05, 0) is 46.3 Å². The summed E-state index contributed by atoms with van der Waals surface area (Å²) < 4.78 is 5.20. The van der Waals surface area contributed by atoms with Crippen molar-refractivity contribution in [2.45, 2.75) is 13.3 Å². The van der Waals surface area contributed by atoms with E-state index in [1.165, 1.54) is 18.3 Å². The van der Waals surface area contributed by atoms with Crippen LogP contribution in [0.25, 0.3) is 0 Å². The molecular formula is C16H15N3O5. The monoisotopic (exact) mass is 329 g/mol. The Morgan fingerprint density at radius 2 is 1.96 bits per heavy atom. The van der Waals surface area contributed by atoms with Crippen LogP contribution in [0, 0.1) is 10.1 Å². The topological polar surface area (TPSA) is 111 Å². The van der Waals surface area contributed by atoms with E-state index in [1.807, 2.05) is 0 Å². The molecule has 0 saturated carbocycles. The van der Waals surface area contributed by atoms with Gasteiger partial charge in [0.05, 0.1) is 0 Å². The normalized spacial score (nSPS) is 10.0. The number of Topliss-reactive ketones (excluding diaryl/α,β-unsaturated/α-hetero) is 1. The molecule has 124 valence electrons. The van der Waals surface area contributed by atoms with Crippen molar-refractivity contribution in [3.05, 3.63) is 58.3 Å². The molecule has 0 bridgehead atoms. The van der Waals surface area contributed by atoms with Crippen LogP contribution in [0.3, 0.4) is 0 Å². The van der Waals surface area contributed by atoms with Gasteiger partial charge in [-0.3, -0.25) is 9.59 Å². The Morgan fingerprint density at radius 1 is 1.25 bits per heavy atom. The molecule has 0 aliphatic rings.